The van der Waals surface area contributed by atoms with Gasteiger partial charge in [-0.15, -0.1) is 0 Å². The zero-order valence-corrected chi connectivity index (χ0v) is 11.6. The molecular weight excluding hydrogens is 254 g/mol. The lowest BCUT2D eigenvalue weighted by atomic mass is 10.1. The van der Waals surface area contributed by atoms with Gasteiger partial charge in [0.2, 0.25) is 0 Å². The first kappa shape index (κ1) is 14.1. The van der Waals surface area contributed by atoms with Gasteiger partial charge in [0.25, 0.3) is 5.91 Å². The SMILES string of the molecule is CCCc1oc(C)cc(=O)c1C(=O)Nc1ccccc1. The van der Waals surface area contributed by atoms with Crippen LogP contribution in [0.15, 0.2) is 45.6 Å². The molecule has 0 aliphatic heterocycles. The number of para-hydroxylation sites is 1. The molecule has 2 rings (SSSR count). The van der Waals surface area contributed by atoms with Crippen molar-refractivity contribution in [1.29, 1.82) is 0 Å². The number of carbonyl (C=O) groups excluding carboxylic acids is 1. The maximum atomic E-state index is 12.3. The predicted octanol–water partition coefficient (Wildman–Crippen LogP) is 3.15. The van der Waals surface area contributed by atoms with E-state index in [1.54, 1.807) is 19.1 Å². The normalized spacial score (nSPS) is 10.3. The van der Waals surface area contributed by atoms with Gasteiger partial charge >= 0.3 is 0 Å². The molecule has 0 saturated heterocycles. The number of aryl methyl sites for hydroxylation is 2. The third kappa shape index (κ3) is 3.15. The predicted molar refractivity (Wildman–Crippen MR) is 78.1 cm³/mol. The van der Waals surface area contributed by atoms with Crippen molar-refractivity contribution in [3.05, 3.63) is 63.7 Å². The summed E-state index contributed by atoms with van der Waals surface area (Å²) in [7, 11) is 0. The Labute approximate surface area is 117 Å². The van der Waals surface area contributed by atoms with Crippen molar-refractivity contribution in [2.75, 3.05) is 5.32 Å². The zero-order chi connectivity index (χ0) is 14.5. The van der Waals surface area contributed by atoms with Crippen LogP contribution >= 0.6 is 0 Å². The van der Waals surface area contributed by atoms with Crippen LogP contribution < -0.4 is 10.7 Å². The number of hydrogen-bond acceptors (Lipinski definition) is 3. The summed E-state index contributed by atoms with van der Waals surface area (Å²) in [5.41, 5.74) is 0.451. The van der Waals surface area contributed by atoms with E-state index < -0.39 is 5.91 Å². The number of benzene rings is 1. The van der Waals surface area contributed by atoms with Crippen molar-refractivity contribution < 1.29 is 9.21 Å². The highest BCUT2D eigenvalue weighted by atomic mass is 16.3. The molecular formula is C16H17NO3. The Balaban J connectivity index is 2.36. The van der Waals surface area contributed by atoms with E-state index in [-0.39, 0.29) is 11.0 Å². The molecule has 1 aromatic heterocycles. The van der Waals surface area contributed by atoms with Crippen LogP contribution in [-0.2, 0) is 6.42 Å². The van der Waals surface area contributed by atoms with Crippen molar-refractivity contribution in [3.8, 4) is 0 Å². The molecule has 4 heteroatoms. The fraction of sp³-hybridized carbons (Fsp3) is 0.250. The number of carbonyl (C=O) groups is 1. The Bertz CT molecular complexity index is 659. The van der Waals surface area contributed by atoms with Crippen LogP contribution in [0.3, 0.4) is 0 Å². The van der Waals surface area contributed by atoms with Gasteiger partial charge in [-0.05, 0) is 25.5 Å². The molecule has 1 aromatic carbocycles. The molecule has 20 heavy (non-hydrogen) atoms. The fourth-order valence-corrected chi connectivity index (χ4v) is 2.03. The maximum Gasteiger partial charge on any atom is 0.263 e. The molecule has 1 amide bonds. The van der Waals surface area contributed by atoms with Gasteiger partial charge in [0, 0.05) is 18.2 Å². The lowest BCUT2D eigenvalue weighted by Gasteiger charge is -2.09. The summed E-state index contributed by atoms with van der Waals surface area (Å²) in [5, 5.41) is 2.72. The van der Waals surface area contributed by atoms with Crippen molar-refractivity contribution in [2.45, 2.75) is 26.7 Å². The molecule has 4 nitrogen and oxygen atoms in total. The van der Waals surface area contributed by atoms with Gasteiger partial charge in [0.15, 0.2) is 5.43 Å². The highest BCUT2D eigenvalue weighted by Crippen LogP contribution is 2.13. The molecule has 0 spiro atoms. The van der Waals surface area contributed by atoms with Crippen LogP contribution in [0.4, 0.5) is 5.69 Å². The second kappa shape index (κ2) is 6.19. The van der Waals surface area contributed by atoms with Gasteiger partial charge in [0.05, 0.1) is 0 Å². The first-order chi connectivity index (χ1) is 9.61. The minimum Gasteiger partial charge on any atom is -0.465 e. The number of anilines is 1. The Kier molecular flexibility index (Phi) is 4.35. The van der Waals surface area contributed by atoms with Gasteiger partial charge in [-0.25, -0.2) is 0 Å². The molecule has 1 N–H and O–H groups in total. The smallest absolute Gasteiger partial charge is 0.263 e. The van der Waals surface area contributed by atoms with Gasteiger partial charge in [-0.3, -0.25) is 9.59 Å². The van der Waals surface area contributed by atoms with Gasteiger partial charge in [-0.1, -0.05) is 25.1 Å². The molecule has 0 aliphatic carbocycles. The molecule has 0 aliphatic rings. The molecule has 0 saturated carbocycles. The molecule has 1 heterocycles. The molecule has 0 unspecified atom stereocenters. The molecule has 0 atom stereocenters. The quantitative estimate of drug-likeness (QED) is 0.929. The Hall–Kier alpha value is -2.36. The number of hydrogen-bond donors (Lipinski definition) is 1. The van der Waals surface area contributed by atoms with Crippen molar-refractivity contribution >= 4 is 11.6 Å². The minimum atomic E-state index is -0.423. The van der Waals surface area contributed by atoms with E-state index in [1.807, 2.05) is 25.1 Å². The van der Waals surface area contributed by atoms with E-state index in [2.05, 4.69) is 5.32 Å². The van der Waals surface area contributed by atoms with Crippen LogP contribution in [-0.4, -0.2) is 5.91 Å². The van der Waals surface area contributed by atoms with E-state index in [4.69, 9.17) is 4.42 Å². The zero-order valence-electron chi connectivity index (χ0n) is 11.6. The highest BCUT2D eigenvalue weighted by molar-refractivity contribution is 6.04. The largest absolute Gasteiger partial charge is 0.465 e. The molecule has 2 aromatic rings. The monoisotopic (exact) mass is 271 g/mol. The highest BCUT2D eigenvalue weighted by Gasteiger charge is 2.18. The number of amides is 1. The lowest BCUT2D eigenvalue weighted by Crippen LogP contribution is -2.23. The van der Waals surface area contributed by atoms with Gasteiger partial charge < -0.3 is 9.73 Å². The summed E-state index contributed by atoms with van der Waals surface area (Å²) in [5.74, 6) is 0.550. The van der Waals surface area contributed by atoms with Crippen LogP contribution in [0.1, 0.15) is 35.2 Å². The van der Waals surface area contributed by atoms with E-state index in [9.17, 15) is 9.59 Å². The van der Waals surface area contributed by atoms with Gasteiger partial charge in [0.1, 0.15) is 17.1 Å². The summed E-state index contributed by atoms with van der Waals surface area (Å²) in [4.78, 5) is 24.3. The van der Waals surface area contributed by atoms with Crippen molar-refractivity contribution in [2.24, 2.45) is 0 Å². The Morgan fingerprint density at radius 1 is 1.25 bits per heavy atom. The van der Waals surface area contributed by atoms with Crippen LogP contribution in [0.25, 0.3) is 0 Å². The topological polar surface area (TPSA) is 59.3 Å². The average Bonchev–Trinajstić information content (AvgIpc) is 2.39. The summed E-state index contributed by atoms with van der Waals surface area (Å²) < 4.78 is 5.53. The second-order valence-electron chi connectivity index (χ2n) is 4.59. The third-order valence-corrected chi connectivity index (χ3v) is 2.88. The van der Waals surface area contributed by atoms with E-state index in [1.165, 1.54) is 6.07 Å². The minimum absolute atomic E-state index is 0.0984. The summed E-state index contributed by atoms with van der Waals surface area (Å²) in [6, 6.07) is 10.4. The van der Waals surface area contributed by atoms with Gasteiger partial charge in [-0.2, -0.15) is 0 Å². The standard InChI is InChI=1S/C16H17NO3/c1-3-7-14-15(13(18)10-11(2)20-14)16(19)17-12-8-5-4-6-9-12/h4-6,8-10H,3,7H2,1-2H3,(H,17,19). The van der Waals surface area contributed by atoms with Crippen molar-refractivity contribution in [3.63, 3.8) is 0 Å². The first-order valence-corrected chi connectivity index (χ1v) is 6.62. The van der Waals surface area contributed by atoms with Crippen molar-refractivity contribution in [1.82, 2.24) is 0 Å². The first-order valence-electron chi connectivity index (χ1n) is 6.62. The average molecular weight is 271 g/mol. The summed E-state index contributed by atoms with van der Waals surface area (Å²) >= 11 is 0. The van der Waals surface area contributed by atoms with Crippen LogP contribution in [0.5, 0.6) is 0 Å². The number of nitrogens with one attached hydrogen (secondary N) is 1. The maximum absolute atomic E-state index is 12.3. The number of rotatable bonds is 4. The third-order valence-electron chi connectivity index (χ3n) is 2.88. The lowest BCUT2D eigenvalue weighted by molar-refractivity contribution is 0.102. The van der Waals surface area contributed by atoms with E-state index in [0.717, 1.165) is 6.42 Å². The van der Waals surface area contributed by atoms with E-state index >= 15 is 0 Å². The van der Waals surface area contributed by atoms with E-state index in [0.29, 0.717) is 23.6 Å². The summed E-state index contributed by atoms with van der Waals surface area (Å²) in [6.07, 6.45) is 1.37. The fourth-order valence-electron chi connectivity index (χ4n) is 2.03. The molecule has 0 fully saturated rings. The van der Waals surface area contributed by atoms with Crippen LogP contribution in [0.2, 0.25) is 0 Å². The van der Waals surface area contributed by atoms with Crippen LogP contribution in [0, 0.1) is 6.92 Å². The molecule has 104 valence electrons. The summed E-state index contributed by atoms with van der Waals surface area (Å²) in [6.45, 7) is 3.68. The Morgan fingerprint density at radius 2 is 1.95 bits per heavy atom. The molecule has 0 radical (unpaired) electrons. The molecule has 0 bridgehead atoms. The second-order valence-corrected chi connectivity index (χ2v) is 4.59. The Morgan fingerprint density at radius 3 is 2.60 bits per heavy atom.